The number of esters is 2. The van der Waals surface area contributed by atoms with Crippen LogP contribution in [0.1, 0.15) is 253 Å². The fourth-order valence-electron chi connectivity index (χ4n) is 6.58. The maximum absolute atomic E-state index is 10.4. The van der Waals surface area contributed by atoms with Crippen LogP contribution in [0.4, 0.5) is 0 Å². The molecule has 0 spiro atoms. The summed E-state index contributed by atoms with van der Waals surface area (Å²) in [7, 11) is 0. The summed E-state index contributed by atoms with van der Waals surface area (Å²) in [6.45, 7) is 35.1. The highest BCUT2D eigenvalue weighted by atomic mass is 16.5. The van der Waals surface area contributed by atoms with E-state index >= 15 is 0 Å². The number of unbranched alkanes of at least 4 members (excludes halogenated alkanes) is 2. The third-order valence-corrected chi connectivity index (χ3v) is 11.2. The molecular weight excluding hydrogens is 837 g/mol. The van der Waals surface area contributed by atoms with Crippen molar-refractivity contribution in [2.45, 2.75) is 253 Å². The molecule has 392 valence electrons. The molecule has 4 atom stereocenters. The van der Waals surface area contributed by atoms with E-state index in [9.17, 15) is 19.2 Å². The minimum absolute atomic E-state index is 0.154. The van der Waals surface area contributed by atoms with Crippen LogP contribution in [0.5, 0.6) is 23.0 Å². The highest BCUT2D eigenvalue weighted by Gasteiger charge is 2.07. The summed E-state index contributed by atoms with van der Waals surface area (Å²) >= 11 is 0. The first kappa shape index (κ1) is 72.3. The van der Waals surface area contributed by atoms with Gasteiger partial charge >= 0.3 is 11.9 Å². The van der Waals surface area contributed by atoms with E-state index in [0.717, 1.165) is 55.3 Å². The third-order valence-electron chi connectivity index (χ3n) is 11.2. The summed E-state index contributed by atoms with van der Waals surface area (Å²) in [5.41, 5.74) is 0. The molecule has 2 aromatic carbocycles. The van der Waals surface area contributed by atoms with Gasteiger partial charge in [0.25, 0.3) is 0 Å². The summed E-state index contributed by atoms with van der Waals surface area (Å²) < 4.78 is 9.44. The number of rotatable bonds is 26. The fourth-order valence-corrected chi connectivity index (χ4v) is 6.58. The molecular formula is C59H108O8. The fraction of sp³-hybridized carbons (Fsp3) is 0.729. The first-order valence-corrected chi connectivity index (χ1v) is 26.7. The number of carbonyl (C=O) groups is 4. The Labute approximate surface area is 414 Å². The molecule has 0 bridgehead atoms. The van der Waals surface area contributed by atoms with Crippen LogP contribution in [0, 0.1) is 29.6 Å². The highest BCUT2D eigenvalue weighted by Crippen LogP contribution is 2.22. The maximum atomic E-state index is 10.4. The van der Waals surface area contributed by atoms with Crippen molar-refractivity contribution in [3.05, 3.63) is 48.5 Å². The maximum Gasteiger partial charge on any atom is 0.308 e. The minimum atomic E-state index is -0.365. The average molecular weight is 946 g/mol. The molecule has 4 unspecified atom stereocenters. The number of ether oxygens (including phenoxy) is 2. The van der Waals surface area contributed by atoms with Gasteiger partial charge in [0.05, 0.1) is 0 Å². The van der Waals surface area contributed by atoms with Crippen molar-refractivity contribution in [1.82, 2.24) is 0 Å². The van der Waals surface area contributed by atoms with Gasteiger partial charge in [-0.3, -0.25) is 9.59 Å². The third kappa shape index (κ3) is 60.3. The first-order valence-electron chi connectivity index (χ1n) is 26.7. The van der Waals surface area contributed by atoms with Gasteiger partial charge in [0.1, 0.15) is 34.6 Å². The van der Waals surface area contributed by atoms with Crippen molar-refractivity contribution < 1.29 is 38.9 Å². The van der Waals surface area contributed by atoms with Crippen molar-refractivity contribution in [2.24, 2.45) is 29.6 Å². The first-order chi connectivity index (χ1) is 31.7. The molecule has 2 rings (SSSR count). The van der Waals surface area contributed by atoms with Gasteiger partial charge in [-0.1, -0.05) is 199 Å². The number of Topliss-reactive ketones (excluding diaryl/α,β-unsaturated/α-hetero) is 2. The number of phenolic OH excluding ortho intramolecular Hbond substituents is 2. The molecule has 0 aliphatic heterocycles. The molecule has 2 N–H and O–H groups in total. The summed E-state index contributed by atoms with van der Waals surface area (Å²) in [5.74, 6) is 5.73. The molecule has 0 aromatic heterocycles. The van der Waals surface area contributed by atoms with Crippen molar-refractivity contribution in [3.8, 4) is 23.0 Å². The lowest BCUT2D eigenvalue weighted by Gasteiger charge is -2.14. The van der Waals surface area contributed by atoms with Gasteiger partial charge in [0.15, 0.2) is 0 Å². The van der Waals surface area contributed by atoms with Crippen LogP contribution in [0.15, 0.2) is 48.5 Å². The molecule has 8 heteroatoms. The molecule has 0 amide bonds. The molecule has 0 saturated carbocycles. The number of ketones is 2. The van der Waals surface area contributed by atoms with E-state index in [1.165, 1.54) is 172 Å². The normalized spacial score (nSPS) is 11.7. The summed E-state index contributed by atoms with van der Waals surface area (Å²) in [6.07, 6.45) is 27.0. The van der Waals surface area contributed by atoms with Crippen LogP contribution >= 0.6 is 0 Å². The van der Waals surface area contributed by atoms with E-state index in [0.29, 0.717) is 23.1 Å². The lowest BCUT2D eigenvalue weighted by Crippen LogP contribution is -2.00. The van der Waals surface area contributed by atoms with Gasteiger partial charge in [0.2, 0.25) is 0 Å². The number of aromatic hydroxyl groups is 2. The number of phenols is 2. The lowest BCUT2D eigenvalue weighted by molar-refractivity contribution is -0.132. The molecule has 8 nitrogen and oxygen atoms in total. The van der Waals surface area contributed by atoms with E-state index in [1.807, 2.05) is 13.8 Å². The van der Waals surface area contributed by atoms with Crippen molar-refractivity contribution in [3.63, 3.8) is 0 Å². The van der Waals surface area contributed by atoms with Crippen molar-refractivity contribution in [2.75, 3.05) is 0 Å². The highest BCUT2D eigenvalue weighted by molar-refractivity contribution is 5.75. The summed E-state index contributed by atoms with van der Waals surface area (Å²) in [4.78, 5) is 41.6. The second-order valence-electron chi connectivity index (χ2n) is 18.3. The van der Waals surface area contributed by atoms with Crippen LogP contribution in [-0.4, -0.2) is 33.7 Å². The van der Waals surface area contributed by atoms with Crippen LogP contribution < -0.4 is 9.47 Å². The van der Waals surface area contributed by atoms with Crippen molar-refractivity contribution >= 4 is 23.5 Å². The van der Waals surface area contributed by atoms with E-state index in [-0.39, 0.29) is 23.4 Å². The Morgan fingerprint density at radius 1 is 0.433 bits per heavy atom. The predicted octanol–water partition coefficient (Wildman–Crippen LogP) is 18.3. The van der Waals surface area contributed by atoms with Gasteiger partial charge in [-0.25, -0.2) is 0 Å². The van der Waals surface area contributed by atoms with Gasteiger partial charge in [0, 0.05) is 26.7 Å². The molecule has 0 saturated heterocycles. The van der Waals surface area contributed by atoms with Gasteiger partial charge in [-0.2, -0.15) is 0 Å². The Morgan fingerprint density at radius 2 is 0.776 bits per heavy atom. The summed E-state index contributed by atoms with van der Waals surface area (Å²) in [5, 5.41) is 17.7. The Balaban J connectivity index is -0.000000229. The van der Waals surface area contributed by atoms with Crippen LogP contribution in [-0.2, 0) is 19.2 Å². The van der Waals surface area contributed by atoms with Gasteiger partial charge in [-0.15, -0.1) is 0 Å². The number of hydrogen-bond donors (Lipinski definition) is 2. The zero-order valence-corrected chi connectivity index (χ0v) is 46.7. The van der Waals surface area contributed by atoms with Crippen molar-refractivity contribution in [1.29, 1.82) is 0 Å². The van der Waals surface area contributed by atoms with Crippen LogP contribution in [0.3, 0.4) is 0 Å². The standard InChI is InChI=1S/2C13H28.2C8H8O3.C8H16O.C7H14O.C2H6/c2*1-5-9-13(7-3)11-8-10-12(4)6-2;2*1-6(9)11-8-4-2-7(10)3-5-8;1-7(2)5-4-6-8(3)9;1-3-4-5-6-7(2)8;1-2/h2*12-13H,5-11H2,1-4H3;2*2-5,10H,1H3;7H,4-6H2,1-3H3;3-6H2,1-2H3;1-2H3. The molecule has 0 heterocycles. The molecule has 0 aliphatic rings. The average Bonchev–Trinajstić information content (AvgIpc) is 3.28. The Hall–Kier alpha value is -3.68. The van der Waals surface area contributed by atoms with E-state index in [4.69, 9.17) is 19.7 Å². The second-order valence-corrected chi connectivity index (χ2v) is 18.3. The van der Waals surface area contributed by atoms with Gasteiger partial charge < -0.3 is 29.3 Å². The monoisotopic (exact) mass is 945 g/mol. The van der Waals surface area contributed by atoms with Crippen LogP contribution in [0.25, 0.3) is 0 Å². The number of hydrogen-bond acceptors (Lipinski definition) is 8. The molecule has 2 aromatic rings. The van der Waals surface area contributed by atoms with E-state index in [1.54, 1.807) is 13.8 Å². The predicted molar refractivity (Wildman–Crippen MR) is 288 cm³/mol. The smallest absolute Gasteiger partial charge is 0.308 e. The molecule has 0 aliphatic carbocycles. The number of benzene rings is 2. The Kier molecular flexibility index (Phi) is 57.5. The van der Waals surface area contributed by atoms with E-state index in [2.05, 4.69) is 76.2 Å². The largest absolute Gasteiger partial charge is 0.508 e. The minimum Gasteiger partial charge on any atom is -0.508 e. The quantitative estimate of drug-likeness (QED) is 0.0542. The lowest BCUT2D eigenvalue weighted by atomic mass is 9.92. The second kappa shape index (κ2) is 53.3. The summed E-state index contributed by atoms with van der Waals surface area (Å²) in [6, 6.07) is 11.9. The molecule has 0 radical (unpaired) electrons. The zero-order chi connectivity index (χ0) is 52.4. The molecule has 0 fully saturated rings. The Morgan fingerprint density at radius 3 is 1.03 bits per heavy atom. The van der Waals surface area contributed by atoms with Crippen LogP contribution in [0.2, 0.25) is 0 Å². The number of carbonyl (C=O) groups excluding carboxylic acids is 4. The van der Waals surface area contributed by atoms with E-state index < -0.39 is 0 Å². The SMILES string of the molecule is CC.CC(=O)CCCC(C)C.CC(=O)Oc1ccc(O)cc1.CC(=O)Oc1ccc(O)cc1.CCCC(CC)CCCC(C)CC.CCCC(CC)CCCC(C)CC.CCCCCC(C)=O. The topological polar surface area (TPSA) is 127 Å². The molecule has 67 heavy (non-hydrogen) atoms. The zero-order valence-electron chi connectivity index (χ0n) is 46.7. The van der Waals surface area contributed by atoms with Gasteiger partial charge in [-0.05, 0) is 105 Å². The Bertz CT molecular complexity index is 1290.